The normalized spacial score (nSPS) is 22.3. The Morgan fingerprint density at radius 1 is 1.35 bits per heavy atom. The highest BCUT2D eigenvalue weighted by atomic mass is 19.4. The summed E-state index contributed by atoms with van der Waals surface area (Å²) in [5, 5.41) is 10.5. The minimum absolute atomic E-state index is 0.0377. The Hall–Kier alpha value is -2.12. The first-order chi connectivity index (χ1) is 9.32. The largest absolute Gasteiger partial charge is 0.470 e. The van der Waals surface area contributed by atoms with E-state index in [1.807, 2.05) is 0 Å². The standard InChI is InChI=1S/C12H11F3N2O3/c1-2-9-16-11(12(13,14)15)10(20-9)7-3-5-8(6-4-7)17(18)19/h3-6,10-11H,2H2,1H3. The van der Waals surface area contributed by atoms with Crippen LogP contribution in [0.15, 0.2) is 29.3 Å². The van der Waals surface area contributed by atoms with Gasteiger partial charge < -0.3 is 4.74 Å². The van der Waals surface area contributed by atoms with Crippen molar-refractivity contribution in [3.8, 4) is 0 Å². The van der Waals surface area contributed by atoms with Crippen LogP contribution in [0.3, 0.4) is 0 Å². The molecule has 1 aromatic rings. The molecule has 1 heterocycles. The second-order valence-corrected chi connectivity index (χ2v) is 4.25. The van der Waals surface area contributed by atoms with Crippen molar-refractivity contribution < 1.29 is 22.8 Å². The van der Waals surface area contributed by atoms with E-state index in [1.54, 1.807) is 6.92 Å². The summed E-state index contributed by atoms with van der Waals surface area (Å²) in [6, 6.07) is 2.84. The minimum atomic E-state index is -4.52. The highest BCUT2D eigenvalue weighted by molar-refractivity contribution is 5.78. The van der Waals surface area contributed by atoms with Crippen molar-refractivity contribution in [1.29, 1.82) is 0 Å². The zero-order valence-corrected chi connectivity index (χ0v) is 10.4. The molecule has 0 spiro atoms. The molecule has 1 aliphatic heterocycles. The first kappa shape index (κ1) is 14.3. The van der Waals surface area contributed by atoms with E-state index in [0.717, 1.165) is 12.1 Å². The summed E-state index contributed by atoms with van der Waals surface area (Å²) in [6.45, 7) is 1.64. The van der Waals surface area contributed by atoms with Crippen molar-refractivity contribution in [2.75, 3.05) is 0 Å². The molecule has 20 heavy (non-hydrogen) atoms. The summed E-state index contributed by atoms with van der Waals surface area (Å²) >= 11 is 0. The van der Waals surface area contributed by atoms with Crippen molar-refractivity contribution in [3.05, 3.63) is 39.9 Å². The summed E-state index contributed by atoms with van der Waals surface area (Å²) in [6.07, 6.45) is -5.55. The molecular formula is C12H11F3N2O3. The lowest BCUT2D eigenvalue weighted by Crippen LogP contribution is -2.31. The van der Waals surface area contributed by atoms with Crippen LogP contribution < -0.4 is 0 Å². The molecule has 1 aliphatic rings. The number of aliphatic imine (C=N–C) groups is 1. The molecule has 0 bridgehead atoms. The van der Waals surface area contributed by atoms with Crippen LogP contribution >= 0.6 is 0 Å². The number of benzene rings is 1. The molecule has 1 aromatic carbocycles. The average molecular weight is 288 g/mol. The van der Waals surface area contributed by atoms with Crippen LogP contribution in [0.2, 0.25) is 0 Å². The van der Waals surface area contributed by atoms with Crippen molar-refractivity contribution in [2.24, 2.45) is 4.99 Å². The molecule has 0 fully saturated rings. The van der Waals surface area contributed by atoms with E-state index < -0.39 is 23.2 Å². The summed E-state index contributed by atoms with van der Waals surface area (Å²) in [5.41, 5.74) is 0.0251. The van der Waals surface area contributed by atoms with Crippen LogP contribution in [0, 0.1) is 10.1 Å². The number of alkyl halides is 3. The predicted octanol–water partition coefficient (Wildman–Crippen LogP) is 3.41. The van der Waals surface area contributed by atoms with Crippen molar-refractivity contribution >= 4 is 11.6 Å². The molecule has 8 heteroatoms. The van der Waals surface area contributed by atoms with Gasteiger partial charge in [0.25, 0.3) is 5.69 Å². The Bertz CT molecular complexity index is 540. The number of halogens is 3. The van der Waals surface area contributed by atoms with E-state index in [4.69, 9.17) is 4.74 Å². The number of nitrogens with zero attached hydrogens (tertiary/aromatic N) is 2. The van der Waals surface area contributed by atoms with Gasteiger partial charge in [-0.2, -0.15) is 13.2 Å². The van der Waals surface area contributed by atoms with E-state index in [2.05, 4.69) is 4.99 Å². The predicted molar refractivity (Wildman–Crippen MR) is 64.5 cm³/mol. The Balaban J connectivity index is 2.29. The van der Waals surface area contributed by atoms with Crippen LogP contribution in [-0.2, 0) is 4.74 Å². The molecule has 0 aliphatic carbocycles. The minimum Gasteiger partial charge on any atom is -0.470 e. The molecule has 0 radical (unpaired) electrons. The molecule has 0 saturated heterocycles. The highest BCUT2D eigenvalue weighted by Gasteiger charge is 2.50. The smallest absolute Gasteiger partial charge is 0.414 e. The summed E-state index contributed by atoms with van der Waals surface area (Å²) < 4.78 is 44.0. The zero-order chi connectivity index (χ0) is 14.9. The van der Waals surface area contributed by atoms with E-state index in [-0.39, 0.29) is 23.6 Å². The van der Waals surface area contributed by atoms with Gasteiger partial charge >= 0.3 is 6.18 Å². The third-order valence-electron chi connectivity index (χ3n) is 2.90. The van der Waals surface area contributed by atoms with Crippen LogP contribution in [0.4, 0.5) is 18.9 Å². The lowest BCUT2D eigenvalue weighted by atomic mass is 10.0. The molecule has 0 saturated carbocycles. The molecule has 5 nitrogen and oxygen atoms in total. The maximum atomic E-state index is 12.9. The molecular weight excluding hydrogens is 277 g/mol. The highest BCUT2D eigenvalue weighted by Crippen LogP contribution is 2.39. The van der Waals surface area contributed by atoms with Crippen LogP contribution in [0.1, 0.15) is 25.0 Å². The molecule has 2 unspecified atom stereocenters. The zero-order valence-electron chi connectivity index (χ0n) is 10.4. The molecule has 0 aromatic heterocycles. The Morgan fingerprint density at radius 2 is 1.95 bits per heavy atom. The van der Waals surface area contributed by atoms with Crippen LogP contribution in [0.25, 0.3) is 0 Å². The Labute approximate surface area is 112 Å². The van der Waals surface area contributed by atoms with E-state index in [1.165, 1.54) is 12.1 Å². The number of nitro benzene ring substituents is 1. The number of ether oxygens (including phenoxy) is 1. The van der Waals surface area contributed by atoms with Gasteiger partial charge in [-0.3, -0.25) is 10.1 Å². The molecule has 2 atom stereocenters. The number of rotatable bonds is 3. The number of nitro groups is 1. The SMILES string of the molecule is CCC1=NC(C(F)(F)F)C(c2ccc([N+](=O)[O-])cc2)O1. The van der Waals surface area contributed by atoms with Gasteiger partial charge in [-0.05, 0) is 17.7 Å². The fourth-order valence-corrected chi connectivity index (χ4v) is 1.92. The second kappa shape index (κ2) is 5.10. The van der Waals surface area contributed by atoms with Crippen LogP contribution in [0.5, 0.6) is 0 Å². The Morgan fingerprint density at radius 3 is 2.40 bits per heavy atom. The van der Waals surface area contributed by atoms with Gasteiger partial charge in [-0.25, -0.2) is 4.99 Å². The maximum Gasteiger partial charge on any atom is 0.414 e. The first-order valence-corrected chi connectivity index (χ1v) is 5.87. The van der Waals surface area contributed by atoms with Gasteiger partial charge in [-0.1, -0.05) is 6.92 Å². The lowest BCUT2D eigenvalue weighted by Gasteiger charge is -2.20. The molecule has 2 rings (SSSR count). The lowest BCUT2D eigenvalue weighted by molar-refractivity contribution is -0.384. The van der Waals surface area contributed by atoms with E-state index in [9.17, 15) is 23.3 Å². The van der Waals surface area contributed by atoms with Gasteiger partial charge in [0.1, 0.15) is 0 Å². The summed E-state index contributed by atoms with van der Waals surface area (Å²) in [7, 11) is 0. The van der Waals surface area contributed by atoms with Gasteiger partial charge in [-0.15, -0.1) is 0 Å². The molecule has 0 N–H and O–H groups in total. The molecule has 108 valence electrons. The third-order valence-corrected chi connectivity index (χ3v) is 2.90. The second-order valence-electron chi connectivity index (χ2n) is 4.25. The topological polar surface area (TPSA) is 64.7 Å². The van der Waals surface area contributed by atoms with Gasteiger partial charge in [0.05, 0.1) is 4.92 Å². The molecule has 0 amide bonds. The van der Waals surface area contributed by atoms with E-state index in [0.29, 0.717) is 0 Å². The summed E-state index contributed by atoms with van der Waals surface area (Å²) in [5.74, 6) is 0.0377. The quantitative estimate of drug-likeness (QED) is 0.632. The number of hydrogen-bond acceptors (Lipinski definition) is 4. The van der Waals surface area contributed by atoms with Gasteiger partial charge in [0, 0.05) is 18.6 Å². The maximum absolute atomic E-state index is 12.9. The van der Waals surface area contributed by atoms with Crippen molar-refractivity contribution in [1.82, 2.24) is 0 Å². The van der Waals surface area contributed by atoms with Crippen molar-refractivity contribution in [3.63, 3.8) is 0 Å². The monoisotopic (exact) mass is 288 g/mol. The van der Waals surface area contributed by atoms with E-state index >= 15 is 0 Å². The number of hydrogen-bond donors (Lipinski definition) is 0. The average Bonchev–Trinajstić information content (AvgIpc) is 2.83. The third kappa shape index (κ3) is 2.73. The summed E-state index contributed by atoms with van der Waals surface area (Å²) in [4.78, 5) is 13.4. The Kier molecular flexibility index (Phi) is 3.65. The fraction of sp³-hybridized carbons (Fsp3) is 0.417. The van der Waals surface area contributed by atoms with Gasteiger partial charge in [0.2, 0.25) is 0 Å². The first-order valence-electron chi connectivity index (χ1n) is 5.87. The van der Waals surface area contributed by atoms with Crippen molar-refractivity contribution in [2.45, 2.75) is 31.7 Å². The van der Waals surface area contributed by atoms with Gasteiger partial charge in [0.15, 0.2) is 18.0 Å². The number of non-ortho nitro benzene ring substituents is 1. The van der Waals surface area contributed by atoms with Crippen LogP contribution in [-0.4, -0.2) is 23.0 Å². The fourth-order valence-electron chi connectivity index (χ4n) is 1.92.